The maximum Gasteiger partial charge on any atom is 0.156 e. The summed E-state index contributed by atoms with van der Waals surface area (Å²) < 4.78 is 0. The van der Waals surface area contributed by atoms with Crippen molar-refractivity contribution in [3.8, 4) is 0 Å². The van der Waals surface area contributed by atoms with Crippen molar-refractivity contribution in [2.45, 2.75) is 24.9 Å². The molecule has 0 amide bonds. The second kappa shape index (κ2) is 4.11. The van der Waals surface area contributed by atoms with Gasteiger partial charge < -0.3 is 9.74 Å². The average Bonchev–Trinajstić information content (AvgIpc) is 2.74. The van der Waals surface area contributed by atoms with Crippen LogP contribution in [0.3, 0.4) is 0 Å². The number of likely N-dealkylation sites (N-methyl/N-ethyl adjacent to an activating group) is 1. The molecule has 0 radical (unpaired) electrons. The topological polar surface area (TPSA) is 37.7 Å². The molecule has 0 aliphatic carbocycles. The molecule has 17 heavy (non-hydrogen) atoms. The first kappa shape index (κ1) is 10.7. The smallest absolute Gasteiger partial charge is 0.156 e. The van der Waals surface area contributed by atoms with Gasteiger partial charge in [0.15, 0.2) is 5.60 Å². The predicted octanol–water partition coefficient (Wildman–Crippen LogP) is 1.67. The predicted molar refractivity (Wildman–Crippen MR) is 65.9 cm³/mol. The van der Waals surface area contributed by atoms with E-state index in [0.29, 0.717) is 0 Å². The normalized spacial score (nSPS) is 29.1. The van der Waals surface area contributed by atoms with Gasteiger partial charge in [0.05, 0.1) is 5.71 Å². The number of oxime groups is 1. The first-order valence-corrected chi connectivity index (χ1v) is 6.11. The molecule has 1 aromatic heterocycles. The summed E-state index contributed by atoms with van der Waals surface area (Å²) in [6.07, 6.45) is 6.82. The van der Waals surface area contributed by atoms with Crippen LogP contribution in [0.25, 0.3) is 0 Å². The molecule has 1 aromatic rings. The van der Waals surface area contributed by atoms with Crippen LogP contribution in [0.5, 0.6) is 0 Å². The summed E-state index contributed by atoms with van der Waals surface area (Å²) in [4.78, 5) is 12.1. The van der Waals surface area contributed by atoms with Crippen LogP contribution in [-0.2, 0) is 4.84 Å². The highest BCUT2D eigenvalue weighted by atomic mass is 16.7. The van der Waals surface area contributed by atoms with Crippen molar-refractivity contribution in [2.75, 3.05) is 20.1 Å². The van der Waals surface area contributed by atoms with Gasteiger partial charge in [0, 0.05) is 30.9 Å². The Labute approximate surface area is 101 Å². The second-order valence-electron chi connectivity index (χ2n) is 5.07. The van der Waals surface area contributed by atoms with Crippen LogP contribution in [0.2, 0.25) is 0 Å². The summed E-state index contributed by atoms with van der Waals surface area (Å²) in [6, 6.07) is 3.99. The molecule has 1 unspecified atom stereocenters. The van der Waals surface area contributed by atoms with Gasteiger partial charge in [-0.15, -0.1) is 0 Å². The van der Waals surface area contributed by atoms with Crippen LogP contribution >= 0.6 is 0 Å². The molecule has 4 heteroatoms. The summed E-state index contributed by atoms with van der Waals surface area (Å²) in [5.41, 5.74) is 2.11. The van der Waals surface area contributed by atoms with Crippen LogP contribution in [-0.4, -0.2) is 41.3 Å². The van der Waals surface area contributed by atoms with E-state index >= 15 is 0 Å². The van der Waals surface area contributed by atoms with Crippen molar-refractivity contribution >= 4 is 5.71 Å². The zero-order valence-electron chi connectivity index (χ0n) is 10.1. The van der Waals surface area contributed by atoms with Crippen LogP contribution in [0.4, 0.5) is 0 Å². The van der Waals surface area contributed by atoms with Gasteiger partial charge in [0.1, 0.15) is 0 Å². The number of nitrogens with zero attached hydrogens (tertiary/aromatic N) is 3. The lowest BCUT2D eigenvalue weighted by atomic mass is 9.87. The Balaban J connectivity index is 1.76. The number of aromatic nitrogens is 1. The minimum atomic E-state index is -0.0778. The zero-order chi connectivity index (χ0) is 11.7. The minimum Gasteiger partial charge on any atom is -0.387 e. The van der Waals surface area contributed by atoms with E-state index in [-0.39, 0.29) is 5.60 Å². The summed E-state index contributed by atoms with van der Waals surface area (Å²) in [5.74, 6) is 0. The van der Waals surface area contributed by atoms with Crippen LogP contribution < -0.4 is 0 Å². The van der Waals surface area contributed by atoms with Crippen molar-refractivity contribution < 1.29 is 4.84 Å². The third-order valence-electron chi connectivity index (χ3n) is 3.58. The van der Waals surface area contributed by atoms with E-state index in [1.165, 1.54) is 6.42 Å². The molecule has 1 spiro atoms. The van der Waals surface area contributed by atoms with Crippen molar-refractivity contribution in [1.29, 1.82) is 0 Å². The lowest BCUT2D eigenvalue weighted by molar-refractivity contribution is -0.0631. The highest BCUT2D eigenvalue weighted by Crippen LogP contribution is 2.34. The Morgan fingerprint density at radius 1 is 1.35 bits per heavy atom. The summed E-state index contributed by atoms with van der Waals surface area (Å²) in [7, 11) is 2.15. The SMILES string of the molecule is CN1CCCC2(CC(c3ccncc3)=NO2)C1. The molecule has 3 heterocycles. The number of hydrogen-bond donors (Lipinski definition) is 0. The van der Waals surface area contributed by atoms with Gasteiger partial charge in [-0.25, -0.2) is 0 Å². The lowest BCUT2D eigenvalue weighted by Gasteiger charge is -2.36. The molecule has 1 atom stereocenters. The minimum absolute atomic E-state index is 0.0778. The van der Waals surface area contributed by atoms with E-state index in [0.717, 1.165) is 37.2 Å². The van der Waals surface area contributed by atoms with E-state index in [2.05, 4.69) is 22.1 Å². The molecule has 2 aliphatic heterocycles. The standard InChI is InChI=1S/C13H17N3O/c1-16-8-2-5-13(10-16)9-12(15-17-13)11-3-6-14-7-4-11/h3-4,6-7H,2,5,8-10H2,1H3. The molecule has 1 fully saturated rings. The summed E-state index contributed by atoms with van der Waals surface area (Å²) in [5, 5.41) is 4.28. The molecule has 3 rings (SSSR count). The van der Waals surface area contributed by atoms with Crippen molar-refractivity contribution in [3.63, 3.8) is 0 Å². The molecule has 90 valence electrons. The summed E-state index contributed by atoms with van der Waals surface area (Å²) >= 11 is 0. The molecule has 1 saturated heterocycles. The highest BCUT2D eigenvalue weighted by Gasteiger charge is 2.42. The zero-order valence-corrected chi connectivity index (χ0v) is 10.1. The van der Waals surface area contributed by atoms with Gasteiger partial charge in [0.25, 0.3) is 0 Å². The Morgan fingerprint density at radius 2 is 2.18 bits per heavy atom. The monoisotopic (exact) mass is 231 g/mol. The number of likely N-dealkylation sites (tertiary alicyclic amines) is 1. The van der Waals surface area contributed by atoms with Crippen molar-refractivity contribution in [3.05, 3.63) is 30.1 Å². The largest absolute Gasteiger partial charge is 0.387 e. The van der Waals surface area contributed by atoms with Gasteiger partial charge in [-0.05, 0) is 38.6 Å². The van der Waals surface area contributed by atoms with E-state index in [4.69, 9.17) is 4.84 Å². The van der Waals surface area contributed by atoms with E-state index < -0.39 is 0 Å². The lowest BCUT2D eigenvalue weighted by Crippen LogP contribution is -2.46. The Kier molecular flexibility index (Phi) is 2.59. The number of piperidine rings is 1. The highest BCUT2D eigenvalue weighted by molar-refractivity contribution is 6.01. The molecule has 0 bridgehead atoms. The van der Waals surface area contributed by atoms with Gasteiger partial charge in [-0.2, -0.15) is 0 Å². The molecule has 0 N–H and O–H groups in total. The van der Waals surface area contributed by atoms with Crippen molar-refractivity contribution in [2.24, 2.45) is 5.16 Å². The maximum absolute atomic E-state index is 5.74. The number of hydrogen-bond acceptors (Lipinski definition) is 4. The van der Waals surface area contributed by atoms with Gasteiger partial charge >= 0.3 is 0 Å². The van der Waals surface area contributed by atoms with E-state index in [1.54, 1.807) is 12.4 Å². The number of pyridine rings is 1. The number of rotatable bonds is 1. The molecule has 0 saturated carbocycles. The molecular formula is C13H17N3O. The van der Waals surface area contributed by atoms with Crippen LogP contribution in [0.1, 0.15) is 24.8 Å². The quantitative estimate of drug-likeness (QED) is 0.738. The first-order valence-electron chi connectivity index (χ1n) is 6.11. The fraction of sp³-hybridized carbons (Fsp3) is 0.538. The summed E-state index contributed by atoms with van der Waals surface area (Å²) in [6.45, 7) is 2.14. The Hall–Kier alpha value is -1.42. The molecule has 0 aromatic carbocycles. The van der Waals surface area contributed by atoms with E-state index in [9.17, 15) is 0 Å². The third-order valence-corrected chi connectivity index (χ3v) is 3.58. The average molecular weight is 231 g/mol. The fourth-order valence-corrected chi connectivity index (χ4v) is 2.76. The van der Waals surface area contributed by atoms with Crippen LogP contribution in [0.15, 0.2) is 29.7 Å². The molecule has 2 aliphatic rings. The third kappa shape index (κ3) is 2.05. The fourth-order valence-electron chi connectivity index (χ4n) is 2.76. The van der Waals surface area contributed by atoms with Gasteiger partial charge in [0.2, 0.25) is 0 Å². The molecular weight excluding hydrogens is 214 g/mol. The Morgan fingerprint density at radius 3 is 2.94 bits per heavy atom. The first-order chi connectivity index (χ1) is 8.27. The Bertz CT molecular complexity index is 432. The van der Waals surface area contributed by atoms with Gasteiger partial charge in [-0.3, -0.25) is 4.98 Å². The molecule has 4 nitrogen and oxygen atoms in total. The van der Waals surface area contributed by atoms with Gasteiger partial charge in [-0.1, -0.05) is 5.16 Å². The van der Waals surface area contributed by atoms with Crippen LogP contribution in [0, 0.1) is 0 Å². The maximum atomic E-state index is 5.74. The van der Waals surface area contributed by atoms with E-state index in [1.807, 2.05) is 12.1 Å². The second-order valence-corrected chi connectivity index (χ2v) is 5.07. The van der Waals surface area contributed by atoms with Crippen molar-refractivity contribution in [1.82, 2.24) is 9.88 Å².